The summed E-state index contributed by atoms with van der Waals surface area (Å²) in [4.78, 5) is 6.09. The van der Waals surface area contributed by atoms with Gasteiger partial charge >= 0.3 is 0 Å². The molecule has 4 heteroatoms. The molecule has 70 valence electrons. The van der Waals surface area contributed by atoms with Crippen molar-refractivity contribution in [2.24, 2.45) is 0 Å². The van der Waals surface area contributed by atoms with Crippen molar-refractivity contribution in [1.82, 2.24) is 4.73 Å². The Morgan fingerprint density at radius 3 is 2.93 bits per heavy atom. The van der Waals surface area contributed by atoms with Crippen LogP contribution < -0.4 is 4.84 Å². The average Bonchev–Trinajstić information content (AvgIpc) is 2.85. The monoisotopic (exact) mass is 204 g/mol. The molecule has 0 amide bonds. The van der Waals surface area contributed by atoms with E-state index in [1.54, 1.807) is 24.6 Å². The first-order valence-electron chi connectivity index (χ1n) is 4.06. The molecule has 0 aliphatic carbocycles. The minimum Gasteiger partial charge on any atom is -0.416 e. The quantitative estimate of drug-likeness (QED) is 0.751. The van der Waals surface area contributed by atoms with Crippen LogP contribution in [-0.4, -0.2) is 11.8 Å². The molecule has 0 unspecified atom stereocenters. The van der Waals surface area contributed by atoms with Crippen molar-refractivity contribution in [2.45, 2.75) is 0 Å². The second-order valence-corrected chi connectivity index (χ2v) is 3.62. The van der Waals surface area contributed by atoms with E-state index in [1.165, 1.54) is 4.73 Å². The number of nitriles is 1. The van der Waals surface area contributed by atoms with Gasteiger partial charge in [-0.05, 0) is 17.5 Å². The SMILES string of the molecule is COn1ccc(-c2cccs2)c1C#N. The van der Waals surface area contributed by atoms with Crippen LogP contribution in [0.5, 0.6) is 0 Å². The maximum absolute atomic E-state index is 8.97. The first-order valence-corrected chi connectivity index (χ1v) is 4.94. The lowest BCUT2D eigenvalue weighted by molar-refractivity contribution is 0.166. The van der Waals surface area contributed by atoms with Crippen molar-refractivity contribution in [2.75, 3.05) is 7.11 Å². The summed E-state index contributed by atoms with van der Waals surface area (Å²) < 4.78 is 1.47. The van der Waals surface area contributed by atoms with E-state index in [-0.39, 0.29) is 0 Å². The van der Waals surface area contributed by atoms with Gasteiger partial charge in [-0.25, -0.2) is 0 Å². The number of aromatic nitrogens is 1. The molecule has 0 bridgehead atoms. The smallest absolute Gasteiger partial charge is 0.165 e. The average molecular weight is 204 g/mol. The molecule has 14 heavy (non-hydrogen) atoms. The third-order valence-electron chi connectivity index (χ3n) is 1.94. The molecule has 0 fully saturated rings. The fourth-order valence-electron chi connectivity index (χ4n) is 1.31. The van der Waals surface area contributed by atoms with E-state index < -0.39 is 0 Å². The summed E-state index contributed by atoms with van der Waals surface area (Å²) in [5, 5.41) is 11.0. The van der Waals surface area contributed by atoms with Gasteiger partial charge in [-0.1, -0.05) is 6.07 Å². The van der Waals surface area contributed by atoms with Crippen LogP contribution in [-0.2, 0) is 0 Å². The van der Waals surface area contributed by atoms with Crippen molar-refractivity contribution in [3.63, 3.8) is 0 Å². The van der Waals surface area contributed by atoms with Crippen molar-refractivity contribution >= 4 is 11.3 Å². The molecule has 2 rings (SSSR count). The van der Waals surface area contributed by atoms with Crippen molar-refractivity contribution in [3.05, 3.63) is 35.5 Å². The van der Waals surface area contributed by atoms with Crippen LogP contribution in [0.1, 0.15) is 5.69 Å². The van der Waals surface area contributed by atoms with Gasteiger partial charge in [0.2, 0.25) is 0 Å². The van der Waals surface area contributed by atoms with Gasteiger partial charge in [0.25, 0.3) is 0 Å². The van der Waals surface area contributed by atoms with Crippen molar-refractivity contribution in [3.8, 4) is 16.5 Å². The molecule has 0 radical (unpaired) electrons. The molecule has 3 nitrogen and oxygen atoms in total. The fourth-order valence-corrected chi connectivity index (χ4v) is 2.06. The molecule has 0 aliphatic heterocycles. The molecule has 0 saturated carbocycles. The largest absolute Gasteiger partial charge is 0.416 e. The van der Waals surface area contributed by atoms with E-state index in [0.29, 0.717) is 5.69 Å². The van der Waals surface area contributed by atoms with Crippen LogP contribution in [0.2, 0.25) is 0 Å². The van der Waals surface area contributed by atoms with E-state index >= 15 is 0 Å². The first-order chi connectivity index (χ1) is 6.86. The highest BCUT2D eigenvalue weighted by Crippen LogP contribution is 2.27. The van der Waals surface area contributed by atoms with E-state index in [1.807, 2.05) is 23.6 Å². The standard InChI is InChI=1S/C10H8N2OS/c1-13-12-5-4-8(9(12)7-11)10-3-2-6-14-10/h2-6H,1H3. The summed E-state index contributed by atoms with van der Waals surface area (Å²) in [6.07, 6.45) is 1.74. The van der Waals surface area contributed by atoms with Crippen molar-refractivity contribution < 1.29 is 4.84 Å². The summed E-state index contributed by atoms with van der Waals surface area (Å²) in [5.41, 5.74) is 1.46. The molecule has 0 saturated heterocycles. The molecular formula is C10H8N2OS. The highest BCUT2D eigenvalue weighted by atomic mass is 32.1. The second kappa shape index (κ2) is 3.56. The summed E-state index contributed by atoms with van der Waals surface area (Å²) in [5.74, 6) is 0. The minimum atomic E-state index is 0.537. The Kier molecular flexibility index (Phi) is 2.25. The molecule has 0 atom stereocenters. The maximum atomic E-state index is 8.97. The summed E-state index contributed by atoms with van der Waals surface area (Å²) in [6, 6.07) is 7.96. The third kappa shape index (κ3) is 1.28. The molecule has 0 aliphatic rings. The topological polar surface area (TPSA) is 38.0 Å². The van der Waals surface area contributed by atoms with E-state index in [2.05, 4.69) is 6.07 Å². The van der Waals surface area contributed by atoms with Crippen LogP contribution in [0.4, 0.5) is 0 Å². The van der Waals surface area contributed by atoms with Crippen LogP contribution in [0.15, 0.2) is 29.8 Å². The van der Waals surface area contributed by atoms with Gasteiger partial charge < -0.3 is 4.84 Å². The van der Waals surface area contributed by atoms with Gasteiger partial charge in [0.05, 0.1) is 0 Å². The molecule has 2 aromatic rings. The second-order valence-electron chi connectivity index (χ2n) is 2.68. The predicted molar refractivity (Wildman–Crippen MR) is 55.0 cm³/mol. The van der Waals surface area contributed by atoms with Crippen molar-refractivity contribution in [1.29, 1.82) is 5.26 Å². The molecule has 0 spiro atoms. The Bertz CT molecular complexity index is 465. The maximum Gasteiger partial charge on any atom is 0.165 e. The normalized spacial score (nSPS) is 9.71. The Hall–Kier alpha value is -1.73. The van der Waals surface area contributed by atoms with Crippen LogP contribution in [0.25, 0.3) is 10.4 Å². The number of rotatable bonds is 2. The molecule has 0 N–H and O–H groups in total. The zero-order valence-corrected chi connectivity index (χ0v) is 8.41. The Labute approximate surface area is 85.7 Å². The lowest BCUT2D eigenvalue weighted by atomic mass is 10.2. The lowest BCUT2D eigenvalue weighted by Crippen LogP contribution is -2.06. The molecule has 0 aromatic carbocycles. The van der Waals surface area contributed by atoms with Crippen LogP contribution >= 0.6 is 11.3 Å². The fraction of sp³-hybridized carbons (Fsp3) is 0.100. The van der Waals surface area contributed by atoms with E-state index in [4.69, 9.17) is 10.1 Å². The van der Waals surface area contributed by atoms with Gasteiger partial charge in [0, 0.05) is 16.6 Å². The number of hydrogen-bond acceptors (Lipinski definition) is 3. The summed E-state index contributed by atoms with van der Waals surface area (Å²) in [6.45, 7) is 0. The predicted octanol–water partition coefficient (Wildman–Crippen LogP) is 2.15. The Balaban J connectivity index is 2.56. The Morgan fingerprint density at radius 2 is 2.36 bits per heavy atom. The summed E-state index contributed by atoms with van der Waals surface area (Å²) in [7, 11) is 1.54. The van der Waals surface area contributed by atoms with Gasteiger partial charge in [-0.3, -0.25) is 0 Å². The van der Waals surface area contributed by atoms with E-state index in [9.17, 15) is 0 Å². The first kappa shape index (κ1) is 8.85. The van der Waals surface area contributed by atoms with Gasteiger partial charge in [0.15, 0.2) is 5.69 Å². The van der Waals surface area contributed by atoms with E-state index in [0.717, 1.165) is 10.4 Å². The van der Waals surface area contributed by atoms with Gasteiger partial charge in [-0.15, -0.1) is 11.3 Å². The number of nitrogens with zero attached hydrogens (tertiary/aromatic N) is 2. The van der Waals surface area contributed by atoms with Crippen LogP contribution in [0, 0.1) is 11.3 Å². The molecular weight excluding hydrogens is 196 g/mol. The van der Waals surface area contributed by atoms with Gasteiger partial charge in [0.1, 0.15) is 13.2 Å². The highest BCUT2D eigenvalue weighted by molar-refractivity contribution is 7.13. The highest BCUT2D eigenvalue weighted by Gasteiger charge is 2.11. The Morgan fingerprint density at radius 1 is 1.50 bits per heavy atom. The molecule has 2 heterocycles. The number of hydrogen-bond donors (Lipinski definition) is 0. The molecule has 2 aromatic heterocycles. The van der Waals surface area contributed by atoms with Gasteiger partial charge in [-0.2, -0.15) is 9.99 Å². The van der Waals surface area contributed by atoms with Crippen LogP contribution in [0.3, 0.4) is 0 Å². The number of thiophene rings is 1. The minimum absolute atomic E-state index is 0.537. The zero-order valence-electron chi connectivity index (χ0n) is 7.60. The lowest BCUT2D eigenvalue weighted by Gasteiger charge is -2.00. The third-order valence-corrected chi connectivity index (χ3v) is 2.84. The zero-order chi connectivity index (χ0) is 9.97. The summed E-state index contributed by atoms with van der Waals surface area (Å²) >= 11 is 1.61.